The van der Waals surface area contributed by atoms with Crippen molar-refractivity contribution in [2.45, 2.75) is 45.8 Å². The number of rotatable bonds is 4. The molecule has 0 heterocycles. The third-order valence-electron chi connectivity index (χ3n) is 0.878. The van der Waals surface area contributed by atoms with E-state index in [1.54, 1.807) is 0 Å². The van der Waals surface area contributed by atoms with E-state index in [-0.39, 0.29) is 186 Å². The van der Waals surface area contributed by atoms with Gasteiger partial charge in [-0.05, 0) is 26.1 Å². The zero-order chi connectivity index (χ0) is 12.9. The first-order valence-corrected chi connectivity index (χ1v) is 8.32. The van der Waals surface area contributed by atoms with Gasteiger partial charge >= 0.3 is 154 Å². The molecule has 0 radical (unpaired) electrons. The van der Waals surface area contributed by atoms with Crippen LogP contribution in [0.15, 0.2) is 0 Å². The summed E-state index contributed by atoms with van der Waals surface area (Å²) in [5.74, 6) is 0. The summed E-state index contributed by atoms with van der Waals surface area (Å²) in [5, 5.41) is 15.4. The van der Waals surface area contributed by atoms with Crippen LogP contribution >= 0.6 is 12.6 Å². The van der Waals surface area contributed by atoms with Gasteiger partial charge in [0.25, 0.3) is 6.47 Å². The fourth-order valence-electron chi connectivity index (χ4n) is 0.491. The minimum absolute atomic E-state index is 0. The summed E-state index contributed by atoms with van der Waals surface area (Å²) >= 11 is 4.24. The Morgan fingerprint density at radius 3 is 1.57 bits per heavy atom. The Bertz CT molecular complexity index is 151. The summed E-state index contributed by atoms with van der Waals surface area (Å²) in [5.41, 5.74) is 0.150. The third kappa shape index (κ3) is 78.8. The van der Waals surface area contributed by atoms with E-state index in [1.165, 1.54) is 0 Å². The summed E-state index contributed by atoms with van der Waals surface area (Å²) in [6.07, 6.45) is 0.993. The molecule has 0 aromatic carbocycles. The van der Waals surface area contributed by atoms with Crippen molar-refractivity contribution in [2.75, 3.05) is 7.11 Å². The summed E-state index contributed by atoms with van der Waals surface area (Å²) < 4.78 is 5.59. The van der Waals surface area contributed by atoms with Crippen LogP contribution in [0.3, 0.4) is 0 Å². The van der Waals surface area contributed by atoms with Gasteiger partial charge in [-0.2, -0.15) is 0 Å². The van der Waals surface area contributed by atoms with Gasteiger partial charge in [0.1, 0.15) is 0 Å². The molecule has 1 atom stereocenters. The van der Waals surface area contributed by atoms with Gasteiger partial charge < -0.3 is 32.1 Å². The van der Waals surface area contributed by atoms with Crippen molar-refractivity contribution in [3.8, 4) is 0 Å². The predicted octanol–water partition coefficient (Wildman–Crippen LogP) is -8.69. The van der Waals surface area contributed by atoms with Crippen molar-refractivity contribution in [1.82, 2.24) is 0 Å². The molecular formula is C9H29K3O7SSi. The van der Waals surface area contributed by atoms with Crippen LogP contribution in [0, 0.1) is 0 Å². The average molecular weight is 427 g/mol. The monoisotopic (exact) mass is 426 g/mol. The molecule has 0 fully saturated rings. The topological polar surface area (TPSA) is 140 Å². The van der Waals surface area contributed by atoms with Gasteiger partial charge in [0.05, 0.1) is 5.44 Å². The van der Waals surface area contributed by atoms with Gasteiger partial charge in [-0.15, -0.1) is 12.6 Å². The Hall–Kier alpha value is 4.75. The average Bonchev–Trinajstić information content (AvgIpc) is 2.19. The van der Waals surface area contributed by atoms with Gasteiger partial charge in [-0.3, -0.25) is 4.79 Å². The quantitative estimate of drug-likeness (QED) is 0.114. The first-order valence-electron chi connectivity index (χ1n) is 4.40. The van der Waals surface area contributed by atoms with Crippen LogP contribution in [-0.2, 0) is 14.1 Å². The van der Waals surface area contributed by atoms with E-state index in [0.717, 1.165) is 13.5 Å². The number of carbonyl (C=O) groups is 1. The van der Waals surface area contributed by atoms with Crippen molar-refractivity contribution in [3.05, 3.63) is 0 Å². The second kappa shape index (κ2) is 44.3. The van der Waals surface area contributed by atoms with Crippen LogP contribution < -0.4 is 159 Å². The van der Waals surface area contributed by atoms with Crippen LogP contribution in [0.4, 0.5) is 0 Å². The number of aliphatic hydroxyl groups excluding tert-OH is 1. The third-order valence-corrected chi connectivity index (χ3v) is 2.54. The molecule has 0 saturated carbocycles. The molecule has 0 bridgehead atoms. The van der Waals surface area contributed by atoms with Gasteiger partial charge in [0, 0.05) is 7.11 Å². The molecule has 0 rings (SSSR count). The molecule has 0 aromatic rings. The van der Waals surface area contributed by atoms with Crippen LogP contribution in [0.5, 0.6) is 0 Å². The van der Waals surface area contributed by atoms with Crippen molar-refractivity contribution < 1.29 is 191 Å². The second-order valence-corrected chi connectivity index (χ2v) is 8.32. The molecule has 7 nitrogen and oxygen atoms in total. The summed E-state index contributed by atoms with van der Waals surface area (Å²) in [6.45, 7) is 8.42. The second-order valence-electron chi connectivity index (χ2n) is 3.29. The molecule has 12 heteroatoms. The normalized spacial score (nSPS) is 8.00. The van der Waals surface area contributed by atoms with E-state index in [2.05, 4.69) is 44.1 Å². The Balaban J connectivity index is -0.0000000125. The van der Waals surface area contributed by atoms with Gasteiger partial charge in [-0.25, -0.2) is 0 Å². The molecule has 0 aliphatic rings. The minimum atomic E-state index is -1.32. The molecular weight excluding hydrogens is 398 g/mol. The van der Waals surface area contributed by atoms with Crippen LogP contribution in [0.2, 0.25) is 19.6 Å². The molecule has 0 saturated heterocycles. The van der Waals surface area contributed by atoms with Crippen LogP contribution in [-0.4, -0.2) is 43.4 Å². The first-order chi connectivity index (χ1) is 6.87. The van der Waals surface area contributed by atoms with Gasteiger partial charge in [-0.1, -0.05) is 14.4 Å². The fraction of sp³-hybridized carbons (Fsp3) is 0.889. The van der Waals surface area contributed by atoms with E-state index in [4.69, 9.17) is 19.6 Å². The Morgan fingerprint density at radius 2 is 1.52 bits per heavy atom. The maximum Gasteiger partial charge on any atom is 1.00 e. The molecule has 0 spiro atoms. The van der Waals surface area contributed by atoms with Crippen molar-refractivity contribution in [1.29, 1.82) is 0 Å². The number of thiol groups is 1. The Morgan fingerprint density at radius 1 is 1.29 bits per heavy atom. The number of carbonyl (C=O) groups excluding carboxylic acids is 1. The summed E-state index contributed by atoms with van der Waals surface area (Å²) in [6, 6.07) is 0. The molecule has 1 unspecified atom stereocenters. The fourth-order valence-corrected chi connectivity index (χ4v) is 2.42. The predicted molar refractivity (Wildman–Crippen MR) is 76.2 cm³/mol. The summed E-state index contributed by atoms with van der Waals surface area (Å²) in [7, 11) is -0.318. The number of hydrogen-bond donors (Lipinski definition) is 2. The van der Waals surface area contributed by atoms with Crippen LogP contribution in [0.1, 0.15) is 22.2 Å². The molecule has 21 heavy (non-hydrogen) atoms. The molecule has 0 aliphatic carbocycles. The van der Waals surface area contributed by atoms with Crippen LogP contribution in [0.25, 0.3) is 0 Å². The standard InChI is InChI=1S/C6H16OSSi.CH2O3.CH4O.CH4.3K.2H2O.H/c1-5-6(8)7-9(2,3)4;2-1-4-3;1-2;;;;;;;/h6,8H,5H2,1-4H3;1,3H;2H,1H3;1H4;;;;2*1H2;/q;;;;3*+1;;;-1/p-2. The zero-order valence-electron chi connectivity index (χ0n) is 14.8. The molecule has 0 aromatic heterocycles. The van der Waals surface area contributed by atoms with E-state index >= 15 is 0 Å². The Kier molecular flexibility index (Phi) is 119. The maximum absolute atomic E-state index is 8.64. The van der Waals surface area contributed by atoms with E-state index in [1.807, 2.05) is 0 Å². The van der Waals surface area contributed by atoms with Crippen molar-refractivity contribution in [2.24, 2.45) is 0 Å². The van der Waals surface area contributed by atoms with E-state index in [9.17, 15) is 0 Å². The molecule has 0 aliphatic heterocycles. The SMILES string of the molecule is C.CCC(S)O[Si](C)(C)C.CO.O.O=CO[O-].[H-].[K+].[K+].[K+].[OH-]. The summed E-state index contributed by atoms with van der Waals surface area (Å²) in [4.78, 5) is 11.2. The van der Waals surface area contributed by atoms with Crippen molar-refractivity contribution >= 4 is 27.4 Å². The first kappa shape index (κ1) is 56.2. The van der Waals surface area contributed by atoms with Gasteiger partial charge in [0.2, 0.25) is 0 Å². The Labute approximate surface area is 264 Å². The maximum atomic E-state index is 8.64. The minimum Gasteiger partial charge on any atom is -1.00 e. The molecule has 120 valence electrons. The number of aliphatic hydroxyl groups is 1. The largest absolute Gasteiger partial charge is 1.00 e. The molecule has 4 N–H and O–H groups in total. The van der Waals surface area contributed by atoms with E-state index < -0.39 is 8.32 Å². The van der Waals surface area contributed by atoms with Crippen molar-refractivity contribution in [3.63, 3.8) is 0 Å². The smallest absolute Gasteiger partial charge is 1.00 e. The van der Waals surface area contributed by atoms with Gasteiger partial charge in [0.15, 0.2) is 8.32 Å². The number of hydrogen-bond acceptors (Lipinski definition) is 7. The van der Waals surface area contributed by atoms with E-state index in [0.29, 0.717) is 0 Å². The molecule has 0 amide bonds. The zero-order valence-corrected chi connectivity index (χ0v) is 25.1.